The number of aromatic nitrogens is 1. The molecule has 1 aliphatic carbocycles. The van der Waals surface area contributed by atoms with Gasteiger partial charge in [-0.1, -0.05) is 47.6 Å². The fraction of sp³-hybridized carbons (Fsp3) is 0.143. The maximum atomic E-state index is 9.55. The van der Waals surface area contributed by atoms with Crippen molar-refractivity contribution in [2.75, 3.05) is 11.9 Å². The van der Waals surface area contributed by atoms with Crippen LogP contribution in [0.2, 0.25) is 0 Å². The van der Waals surface area contributed by atoms with Crippen LogP contribution in [0.4, 0.5) is 5.82 Å². The molecule has 122 valence electrons. The molecule has 2 aliphatic rings. The van der Waals surface area contributed by atoms with Crippen molar-refractivity contribution in [3.63, 3.8) is 0 Å². The average molecular weight is 327 g/mol. The number of hydrogen-bond acceptors (Lipinski definition) is 4. The first-order valence-corrected chi connectivity index (χ1v) is 8.55. The highest BCUT2D eigenvalue weighted by atomic mass is 16.4. The van der Waals surface area contributed by atoms with Crippen molar-refractivity contribution in [3.05, 3.63) is 71.4 Å². The summed E-state index contributed by atoms with van der Waals surface area (Å²) in [6.45, 7) is 0.990. The molecule has 0 atom stereocenters. The van der Waals surface area contributed by atoms with E-state index in [1.165, 1.54) is 5.56 Å². The van der Waals surface area contributed by atoms with Crippen LogP contribution in [0.15, 0.2) is 59.9 Å². The number of hydrogen-bond donors (Lipinski definition) is 2. The van der Waals surface area contributed by atoms with Crippen LogP contribution in [0, 0.1) is 0 Å². The number of aryl methyl sites for hydroxylation is 1. The van der Waals surface area contributed by atoms with Crippen LogP contribution in [-0.2, 0) is 6.42 Å². The van der Waals surface area contributed by atoms with Crippen LogP contribution in [0.25, 0.3) is 22.3 Å². The minimum absolute atomic E-state index is 0.639. The van der Waals surface area contributed by atoms with E-state index in [1.807, 2.05) is 36.5 Å². The van der Waals surface area contributed by atoms with Gasteiger partial charge in [-0.2, -0.15) is 0 Å². The number of anilines is 1. The minimum atomic E-state index is 0.639. The number of rotatable bonds is 1. The van der Waals surface area contributed by atoms with E-state index in [2.05, 4.69) is 33.7 Å². The summed E-state index contributed by atoms with van der Waals surface area (Å²) in [4.78, 5) is 4.63. The van der Waals surface area contributed by atoms with Gasteiger partial charge in [-0.05, 0) is 41.2 Å². The summed E-state index contributed by atoms with van der Waals surface area (Å²) in [6.07, 6.45) is 4.12. The van der Waals surface area contributed by atoms with Crippen molar-refractivity contribution in [2.45, 2.75) is 12.8 Å². The number of nitrogens with one attached hydrogen (secondary N) is 1. The number of oxime groups is 1. The van der Waals surface area contributed by atoms with Crippen LogP contribution in [0.1, 0.15) is 23.1 Å². The van der Waals surface area contributed by atoms with E-state index in [0.717, 1.165) is 58.6 Å². The molecule has 2 heterocycles. The first kappa shape index (κ1) is 14.2. The van der Waals surface area contributed by atoms with Gasteiger partial charge in [-0.25, -0.2) is 4.98 Å². The summed E-state index contributed by atoms with van der Waals surface area (Å²) >= 11 is 0. The van der Waals surface area contributed by atoms with Crippen LogP contribution in [-0.4, -0.2) is 22.4 Å². The third-order valence-electron chi connectivity index (χ3n) is 5.06. The van der Waals surface area contributed by atoms with Crippen molar-refractivity contribution >= 4 is 11.5 Å². The number of fused-ring (bicyclic) bond motifs is 4. The molecule has 4 nitrogen and oxygen atoms in total. The Morgan fingerprint density at radius 1 is 0.960 bits per heavy atom. The molecule has 0 spiro atoms. The second-order valence-electron chi connectivity index (χ2n) is 6.48. The summed E-state index contributed by atoms with van der Waals surface area (Å²) in [5.41, 5.74) is 8.31. The Hall–Kier alpha value is -3.14. The highest BCUT2D eigenvalue weighted by molar-refractivity contribution is 6.26. The summed E-state index contributed by atoms with van der Waals surface area (Å²) in [6, 6.07) is 16.5. The highest BCUT2D eigenvalue weighted by Crippen LogP contribution is 2.43. The summed E-state index contributed by atoms with van der Waals surface area (Å²) in [7, 11) is 0. The van der Waals surface area contributed by atoms with Gasteiger partial charge in [-0.15, -0.1) is 0 Å². The van der Waals surface area contributed by atoms with Gasteiger partial charge in [0.2, 0.25) is 0 Å². The zero-order valence-electron chi connectivity index (χ0n) is 13.7. The van der Waals surface area contributed by atoms with Crippen LogP contribution in [0.3, 0.4) is 0 Å². The van der Waals surface area contributed by atoms with Gasteiger partial charge in [0.25, 0.3) is 0 Å². The number of pyridine rings is 1. The largest absolute Gasteiger partial charge is 0.410 e. The van der Waals surface area contributed by atoms with Gasteiger partial charge in [-0.3, -0.25) is 0 Å². The third kappa shape index (κ3) is 2.07. The molecule has 0 bridgehead atoms. The zero-order valence-corrected chi connectivity index (χ0v) is 13.7. The van der Waals surface area contributed by atoms with Crippen molar-refractivity contribution in [3.8, 4) is 22.3 Å². The van der Waals surface area contributed by atoms with E-state index < -0.39 is 0 Å². The minimum Gasteiger partial charge on any atom is -0.410 e. The molecule has 2 N–H and O–H groups in total. The second-order valence-corrected chi connectivity index (χ2v) is 6.48. The number of benzene rings is 2. The van der Waals surface area contributed by atoms with E-state index in [4.69, 9.17) is 0 Å². The Labute approximate surface area is 145 Å². The zero-order chi connectivity index (χ0) is 16.8. The molecule has 0 fully saturated rings. The van der Waals surface area contributed by atoms with Crippen molar-refractivity contribution in [1.82, 2.24) is 4.98 Å². The molecule has 0 amide bonds. The molecule has 1 aromatic heterocycles. The predicted octanol–water partition coefficient (Wildman–Crippen LogP) is 4.31. The standard InChI is InChI=1S/C21H17N3O/c25-24-20-17-7-2-1-6-16(17)19-15(8-3-9-18(19)20)14-11-13-5-4-10-22-21(13)23-12-14/h1-3,6-9,11-12,25H,4-5,10H2,(H,22,23). The SMILES string of the molecule is ON=C1c2ccccc2-c2c1cccc2-c1cnc2c(c1)CCCN2. The first-order valence-electron chi connectivity index (χ1n) is 8.55. The van der Waals surface area contributed by atoms with Crippen LogP contribution in [0.5, 0.6) is 0 Å². The smallest absolute Gasteiger partial charge is 0.129 e. The molecule has 4 heteroatoms. The Bertz CT molecular complexity index is 1020. The molecule has 0 radical (unpaired) electrons. The second kappa shape index (κ2) is 5.45. The molecule has 3 aromatic rings. The van der Waals surface area contributed by atoms with Crippen LogP contribution < -0.4 is 5.32 Å². The van der Waals surface area contributed by atoms with E-state index in [1.54, 1.807) is 0 Å². The molecule has 25 heavy (non-hydrogen) atoms. The predicted molar refractivity (Wildman–Crippen MR) is 99.3 cm³/mol. The van der Waals surface area contributed by atoms with Gasteiger partial charge in [0.15, 0.2) is 0 Å². The molecule has 0 unspecified atom stereocenters. The summed E-state index contributed by atoms with van der Waals surface area (Å²) in [5.74, 6) is 1.00. The van der Waals surface area contributed by atoms with Gasteiger partial charge < -0.3 is 10.5 Å². The average Bonchev–Trinajstić information content (AvgIpc) is 3.01. The summed E-state index contributed by atoms with van der Waals surface area (Å²) in [5, 5.41) is 16.5. The molecule has 0 saturated carbocycles. The van der Waals surface area contributed by atoms with Gasteiger partial charge in [0, 0.05) is 29.4 Å². The van der Waals surface area contributed by atoms with Gasteiger partial charge in [0.1, 0.15) is 11.5 Å². The van der Waals surface area contributed by atoms with Crippen molar-refractivity contribution in [1.29, 1.82) is 0 Å². The quantitative estimate of drug-likeness (QED) is 0.404. The highest BCUT2D eigenvalue weighted by Gasteiger charge is 2.28. The normalized spacial score (nSPS) is 16.1. The molecule has 5 rings (SSSR count). The Morgan fingerprint density at radius 2 is 1.76 bits per heavy atom. The Kier molecular flexibility index (Phi) is 3.10. The lowest BCUT2D eigenvalue weighted by Gasteiger charge is -2.18. The molecule has 2 aromatic carbocycles. The topological polar surface area (TPSA) is 57.5 Å². The van der Waals surface area contributed by atoms with E-state index in [-0.39, 0.29) is 0 Å². The Morgan fingerprint density at radius 3 is 2.64 bits per heavy atom. The third-order valence-corrected chi connectivity index (χ3v) is 5.06. The van der Waals surface area contributed by atoms with E-state index in [9.17, 15) is 5.21 Å². The first-order chi connectivity index (χ1) is 12.4. The van der Waals surface area contributed by atoms with Crippen LogP contribution >= 0.6 is 0 Å². The molecule has 0 saturated heterocycles. The maximum absolute atomic E-state index is 9.55. The maximum Gasteiger partial charge on any atom is 0.129 e. The fourth-order valence-electron chi connectivity index (χ4n) is 3.93. The fourth-order valence-corrected chi connectivity index (χ4v) is 3.93. The van der Waals surface area contributed by atoms with Gasteiger partial charge in [0.05, 0.1) is 0 Å². The monoisotopic (exact) mass is 327 g/mol. The van der Waals surface area contributed by atoms with Crippen molar-refractivity contribution < 1.29 is 5.21 Å². The van der Waals surface area contributed by atoms with E-state index >= 15 is 0 Å². The molecular weight excluding hydrogens is 310 g/mol. The van der Waals surface area contributed by atoms with E-state index in [0.29, 0.717) is 5.71 Å². The van der Waals surface area contributed by atoms with Gasteiger partial charge >= 0.3 is 0 Å². The Balaban J connectivity index is 1.75. The van der Waals surface area contributed by atoms with Crippen molar-refractivity contribution in [2.24, 2.45) is 5.16 Å². The lowest BCUT2D eigenvalue weighted by Crippen LogP contribution is -2.13. The summed E-state index contributed by atoms with van der Waals surface area (Å²) < 4.78 is 0. The molecule has 1 aliphatic heterocycles. The lowest BCUT2D eigenvalue weighted by molar-refractivity contribution is 0.320. The number of nitrogens with zero attached hydrogens (tertiary/aromatic N) is 2. The lowest BCUT2D eigenvalue weighted by atomic mass is 9.93. The molecular formula is C21H17N3O.